The van der Waals surface area contributed by atoms with Gasteiger partial charge in [-0.3, -0.25) is 0 Å². The van der Waals surface area contributed by atoms with Crippen LogP contribution in [0, 0.1) is 6.92 Å². The van der Waals surface area contributed by atoms with E-state index < -0.39 is 0 Å². The first-order valence-corrected chi connectivity index (χ1v) is 5.61. The summed E-state index contributed by atoms with van der Waals surface area (Å²) in [6.45, 7) is 8.17. The highest BCUT2D eigenvalue weighted by molar-refractivity contribution is 5.44. The molecule has 0 bridgehead atoms. The van der Waals surface area contributed by atoms with Gasteiger partial charge in [0.25, 0.3) is 0 Å². The molecule has 4 heteroatoms. The monoisotopic (exact) mass is 223 g/mol. The Kier molecular flexibility index (Phi) is 4.24. The van der Waals surface area contributed by atoms with Crippen molar-refractivity contribution in [2.24, 2.45) is 0 Å². The van der Waals surface area contributed by atoms with E-state index in [1.54, 1.807) is 7.11 Å². The topological polar surface area (TPSA) is 61.0 Å². The molecule has 1 rings (SSSR count). The van der Waals surface area contributed by atoms with E-state index in [2.05, 4.69) is 23.8 Å². The lowest BCUT2D eigenvalue weighted by Gasteiger charge is -2.14. The number of aryl methyl sites for hydroxylation is 1. The molecule has 1 heterocycles. The van der Waals surface area contributed by atoms with Crippen molar-refractivity contribution in [1.82, 2.24) is 9.97 Å². The van der Waals surface area contributed by atoms with Gasteiger partial charge in [-0.15, -0.1) is 0 Å². The van der Waals surface area contributed by atoms with Crippen LogP contribution in [-0.2, 0) is 11.2 Å². The summed E-state index contributed by atoms with van der Waals surface area (Å²) in [7, 11) is 1.68. The molecule has 16 heavy (non-hydrogen) atoms. The number of nitrogens with two attached hydrogens (primary N) is 1. The third-order valence-electron chi connectivity index (χ3n) is 2.66. The van der Waals surface area contributed by atoms with Gasteiger partial charge in [-0.1, -0.05) is 13.8 Å². The van der Waals surface area contributed by atoms with Crippen LogP contribution in [0.15, 0.2) is 0 Å². The standard InChI is InChI=1S/C12H21N3O/c1-7(2)11-9(4)14-10(15-12(11)13)6-8(3)16-5/h7-8H,6H2,1-5H3,(H2,13,14,15). The molecule has 4 nitrogen and oxygen atoms in total. The number of hydrogen-bond donors (Lipinski definition) is 1. The van der Waals surface area contributed by atoms with Crippen molar-refractivity contribution in [2.45, 2.75) is 46.1 Å². The fourth-order valence-electron chi connectivity index (χ4n) is 1.81. The largest absolute Gasteiger partial charge is 0.383 e. The zero-order chi connectivity index (χ0) is 12.3. The van der Waals surface area contributed by atoms with Gasteiger partial charge in [-0.2, -0.15) is 0 Å². The zero-order valence-electron chi connectivity index (χ0n) is 10.7. The summed E-state index contributed by atoms with van der Waals surface area (Å²) in [5.41, 5.74) is 7.97. The van der Waals surface area contributed by atoms with E-state index in [-0.39, 0.29) is 6.10 Å². The summed E-state index contributed by atoms with van der Waals surface area (Å²) in [6.07, 6.45) is 0.809. The lowest BCUT2D eigenvalue weighted by atomic mass is 10.0. The van der Waals surface area contributed by atoms with Crippen molar-refractivity contribution in [3.8, 4) is 0 Å². The van der Waals surface area contributed by atoms with Gasteiger partial charge in [0.1, 0.15) is 11.6 Å². The van der Waals surface area contributed by atoms with Crippen LogP contribution >= 0.6 is 0 Å². The normalized spacial score (nSPS) is 13.1. The summed E-state index contributed by atoms with van der Waals surface area (Å²) in [5, 5.41) is 0. The Morgan fingerprint density at radius 2 is 1.88 bits per heavy atom. The van der Waals surface area contributed by atoms with Crippen LogP contribution in [0.5, 0.6) is 0 Å². The first-order valence-electron chi connectivity index (χ1n) is 5.61. The minimum absolute atomic E-state index is 0.115. The summed E-state index contributed by atoms with van der Waals surface area (Å²) >= 11 is 0. The highest BCUT2D eigenvalue weighted by Gasteiger charge is 2.13. The first kappa shape index (κ1) is 12.9. The van der Waals surface area contributed by atoms with E-state index in [1.807, 2.05) is 13.8 Å². The van der Waals surface area contributed by atoms with Gasteiger partial charge in [-0.25, -0.2) is 9.97 Å². The Bertz CT molecular complexity index is 340. The van der Waals surface area contributed by atoms with E-state index in [0.717, 1.165) is 17.1 Å². The van der Waals surface area contributed by atoms with Crippen molar-refractivity contribution in [3.63, 3.8) is 0 Å². The molecular weight excluding hydrogens is 202 g/mol. The third-order valence-corrected chi connectivity index (χ3v) is 2.66. The van der Waals surface area contributed by atoms with Gasteiger partial charge in [0, 0.05) is 24.8 Å². The third kappa shape index (κ3) is 2.92. The van der Waals surface area contributed by atoms with Crippen molar-refractivity contribution in [1.29, 1.82) is 0 Å². The molecule has 0 aromatic carbocycles. The molecule has 1 unspecified atom stereocenters. The van der Waals surface area contributed by atoms with Crippen LogP contribution in [0.4, 0.5) is 5.82 Å². The fourth-order valence-corrected chi connectivity index (χ4v) is 1.81. The Morgan fingerprint density at radius 1 is 1.25 bits per heavy atom. The quantitative estimate of drug-likeness (QED) is 0.848. The minimum atomic E-state index is 0.115. The van der Waals surface area contributed by atoms with E-state index in [0.29, 0.717) is 18.2 Å². The number of nitrogens with zero attached hydrogens (tertiary/aromatic N) is 2. The van der Waals surface area contributed by atoms with Crippen LogP contribution in [0.2, 0.25) is 0 Å². The molecule has 0 amide bonds. The van der Waals surface area contributed by atoms with Crippen LogP contribution in [0.3, 0.4) is 0 Å². The van der Waals surface area contributed by atoms with Crippen molar-refractivity contribution < 1.29 is 4.74 Å². The summed E-state index contributed by atoms with van der Waals surface area (Å²) < 4.78 is 5.19. The van der Waals surface area contributed by atoms with E-state index in [1.165, 1.54) is 0 Å². The predicted molar refractivity (Wildman–Crippen MR) is 65.4 cm³/mol. The predicted octanol–water partition coefficient (Wildman–Crippen LogP) is 2.07. The van der Waals surface area contributed by atoms with Crippen LogP contribution in [0.25, 0.3) is 0 Å². The molecule has 0 aliphatic rings. The smallest absolute Gasteiger partial charge is 0.133 e. The average molecular weight is 223 g/mol. The van der Waals surface area contributed by atoms with Gasteiger partial charge in [0.05, 0.1) is 6.10 Å². The fraction of sp³-hybridized carbons (Fsp3) is 0.667. The van der Waals surface area contributed by atoms with Gasteiger partial charge < -0.3 is 10.5 Å². The Morgan fingerprint density at radius 3 is 2.31 bits per heavy atom. The number of aromatic nitrogens is 2. The maximum atomic E-state index is 5.95. The maximum Gasteiger partial charge on any atom is 0.133 e. The number of anilines is 1. The number of ether oxygens (including phenoxy) is 1. The van der Waals surface area contributed by atoms with Gasteiger partial charge in [0.2, 0.25) is 0 Å². The molecule has 0 saturated carbocycles. The SMILES string of the molecule is COC(C)Cc1nc(C)c(C(C)C)c(N)n1. The number of hydrogen-bond acceptors (Lipinski definition) is 4. The molecule has 0 radical (unpaired) electrons. The second-order valence-electron chi connectivity index (χ2n) is 4.43. The van der Waals surface area contributed by atoms with Gasteiger partial charge in [-0.05, 0) is 19.8 Å². The molecule has 1 aromatic heterocycles. The molecule has 0 spiro atoms. The summed E-state index contributed by atoms with van der Waals surface area (Å²) in [6, 6.07) is 0. The zero-order valence-corrected chi connectivity index (χ0v) is 10.7. The molecule has 0 fully saturated rings. The molecule has 0 aliphatic carbocycles. The average Bonchev–Trinajstić information content (AvgIpc) is 2.15. The lowest BCUT2D eigenvalue weighted by Crippen LogP contribution is -2.14. The van der Waals surface area contributed by atoms with Crippen LogP contribution in [0.1, 0.15) is 43.8 Å². The first-order chi connectivity index (χ1) is 7.45. The van der Waals surface area contributed by atoms with Crippen LogP contribution < -0.4 is 5.73 Å². The molecule has 2 N–H and O–H groups in total. The van der Waals surface area contributed by atoms with Gasteiger partial charge >= 0.3 is 0 Å². The maximum absolute atomic E-state index is 5.95. The summed E-state index contributed by atoms with van der Waals surface area (Å²) in [5.74, 6) is 1.71. The minimum Gasteiger partial charge on any atom is -0.383 e. The van der Waals surface area contributed by atoms with Crippen molar-refractivity contribution in [2.75, 3.05) is 12.8 Å². The highest BCUT2D eigenvalue weighted by atomic mass is 16.5. The lowest BCUT2D eigenvalue weighted by molar-refractivity contribution is 0.117. The Balaban J connectivity index is 3.00. The van der Waals surface area contributed by atoms with Crippen LogP contribution in [-0.4, -0.2) is 23.2 Å². The van der Waals surface area contributed by atoms with Crippen molar-refractivity contribution in [3.05, 3.63) is 17.1 Å². The molecule has 1 aromatic rings. The number of methoxy groups -OCH3 is 1. The molecule has 1 atom stereocenters. The number of nitrogen functional groups attached to an aromatic ring is 1. The van der Waals surface area contributed by atoms with E-state index in [4.69, 9.17) is 10.5 Å². The summed E-state index contributed by atoms with van der Waals surface area (Å²) in [4.78, 5) is 8.80. The molecule has 0 saturated heterocycles. The van der Waals surface area contributed by atoms with E-state index in [9.17, 15) is 0 Å². The van der Waals surface area contributed by atoms with E-state index >= 15 is 0 Å². The Hall–Kier alpha value is -1.16. The van der Waals surface area contributed by atoms with Gasteiger partial charge in [0.15, 0.2) is 0 Å². The molecule has 0 aliphatic heterocycles. The molecule has 90 valence electrons. The second kappa shape index (κ2) is 5.25. The highest BCUT2D eigenvalue weighted by Crippen LogP contribution is 2.23. The second-order valence-corrected chi connectivity index (χ2v) is 4.43. The Labute approximate surface area is 97.2 Å². The molecular formula is C12H21N3O. The van der Waals surface area contributed by atoms with Crippen molar-refractivity contribution >= 4 is 5.82 Å². The number of rotatable bonds is 4.